The molecule has 1 aliphatic heterocycles. The van der Waals surface area contributed by atoms with Crippen LogP contribution in [0.25, 0.3) is 0 Å². The Labute approximate surface area is 116 Å². The summed E-state index contributed by atoms with van der Waals surface area (Å²) in [4.78, 5) is 29.9. The van der Waals surface area contributed by atoms with Crippen LogP contribution < -0.4 is 0 Å². The standard InChI is InChI=1S/C14H15ClN2O2/c1-8-5-10-11(6-8)14(19)17(13(10)18)7-9-3-2-4-16-12(9)15/h2-4,8,10-11H,5-7H2,1H3. The lowest BCUT2D eigenvalue weighted by Gasteiger charge is -2.17. The lowest BCUT2D eigenvalue weighted by Crippen LogP contribution is -2.31. The molecule has 3 rings (SSSR count). The highest BCUT2D eigenvalue weighted by atomic mass is 35.5. The fourth-order valence-electron chi connectivity index (χ4n) is 3.21. The molecule has 5 heteroatoms. The molecule has 2 unspecified atom stereocenters. The lowest BCUT2D eigenvalue weighted by atomic mass is 10.00. The minimum absolute atomic E-state index is 0.0423. The Kier molecular flexibility index (Phi) is 3.05. The first kappa shape index (κ1) is 12.6. The molecule has 0 aromatic carbocycles. The molecule has 0 spiro atoms. The van der Waals surface area contributed by atoms with Gasteiger partial charge >= 0.3 is 0 Å². The maximum absolute atomic E-state index is 12.3. The number of imide groups is 1. The van der Waals surface area contributed by atoms with Gasteiger partial charge in [0.25, 0.3) is 0 Å². The molecule has 2 heterocycles. The van der Waals surface area contributed by atoms with E-state index < -0.39 is 0 Å². The molecular weight excluding hydrogens is 264 g/mol. The first-order chi connectivity index (χ1) is 9.08. The van der Waals surface area contributed by atoms with Gasteiger partial charge in [0.2, 0.25) is 11.8 Å². The topological polar surface area (TPSA) is 50.3 Å². The van der Waals surface area contributed by atoms with E-state index in [2.05, 4.69) is 11.9 Å². The maximum atomic E-state index is 12.3. The van der Waals surface area contributed by atoms with Gasteiger partial charge in [-0.15, -0.1) is 0 Å². The van der Waals surface area contributed by atoms with Gasteiger partial charge in [-0.25, -0.2) is 4.98 Å². The van der Waals surface area contributed by atoms with Crippen molar-refractivity contribution in [2.24, 2.45) is 17.8 Å². The number of aromatic nitrogens is 1. The number of halogens is 1. The molecule has 100 valence electrons. The molecular formula is C14H15ClN2O2. The van der Waals surface area contributed by atoms with Crippen LogP contribution >= 0.6 is 11.6 Å². The van der Waals surface area contributed by atoms with Gasteiger partial charge in [0.1, 0.15) is 5.15 Å². The van der Waals surface area contributed by atoms with E-state index in [9.17, 15) is 9.59 Å². The summed E-state index contributed by atoms with van der Waals surface area (Å²) in [7, 11) is 0. The third-order valence-electron chi connectivity index (χ3n) is 4.13. The van der Waals surface area contributed by atoms with E-state index in [0.717, 1.165) is 18.4 Å². The Morgan fingerprint density at radius 2 is 1.95 bits per heavy atom. The third kappa shape index (κ3) is 2.04. The Hall–Kier alpha value is -1.42. The minimum Gasteiger partial charge on any atom is -0.277 e. The average molecular weight is 279 g/mol. The fraction of sp³-hybridized carbons (Fsp3) is 0.500. The van der Waals surface area contributed by atoms with Crippen molar-refractivity contribution in [1.29, 1.82) is 0 Å². The molecule has 1 saturated heterocycles. The largest absolute Gasteiger partial charge is 0.277 e. The summed E-state index contributed by atoms with van der Waals surface area (Å²) in [5.74, 6) is 0.154. The SMILES string of the molecule is CC1CC2C(=O)N(Cc3cccnc3Cl)C(=O)C2C1. The van der Waals surface area contributed by atoms with Crippen molar-refractivity contribution < 1.29 is 9.59 Å². The second-order valence-electron chi connectivity index (χ2n) is 5.51. The highest BCUT2D eigenvalue weighted by molar-refractivity contribution is 6.30. The summed E-state index contributed by atoms with van der Waals surface area (Å²) in [5.41, 5.74) is 0.721. The van der Waals surface area contributed by atoms with E-state index >= 15 is 0 Å². The van der Waals surface area contributed by atoms with Crippen LogP contribution in [0.15, 0.2) is 18.3 Å². The maximum Gasteiger partial charge on any atom is 0.233 e. The number of likely N-dealkylation sites (tertiary alicyclic amines) is 1. The van der Waals surface area contributed by atoms with Gasteiger partial charge in [0.15, 0.2) is 0 Å². The number of nitrogens with zero attached hydrogens (tertiary/aromatic N) is 2. The van der Waals surface area contributed by atoms with Gasteiger partial charge in [0, 0.05) is 11.8 Å². The van der Waals surface area contributed by atoms with Crippen molar-refractivity contribution in [3.63, 3.8) is 0 Å². The van der Waals surface area contributed by atoms with Crippen molar-refractivity contribution >= 4 is 23.4 Å². The molecule has 0 radical (unpaired) electrons. The number of hydrogen-bond acceptors (Lipinski definition) is 3. The first-order valence-electron chi connectivity index (χ1n) is 6.52. The van der Waals surface area contributed by atoms with Gasteiger partial charge in [-0.2, -0.15) is 0 Å². The number of pyridine rings is 1. The molecule has 19 heavy (non-hydrogen) atoms. The molecule has 4 nitrogen and oxygen atoms in total. The summed E-state index contributed by atoms with van der Waals surface area (Å²) in [6.07, 6.45) is 3.24. The molecule has 1 saturated carbocycles. The normalized spacial score (nSPS) is 30.0. The van der Waals surface area contributed by atoms with Crippen LogP contribution in [0.2, 0.25) is 5.15 Å². The van der Waals surface area contributed by atoms with Crippen molar-refractivity contribution in [3.8, 4) is 0 Å². The summed E-state index contributed by atoms with van der Waals surface area (Å²) >= 11 is 5.98. The van der Waals surface area contributed by atoms with Crippen molar-refractivity contribution in [2.45, 2.75) is 26.3 Å². The summed E-state index contributed by atoms with van der Waals surface area (Å²) in [5, 5.41) is 0.355. The second-order valence-corrected chi connectivity index (χ2v) is 5.86. The molecule has 2 atom stereocenters. The molecule has 0 bridgehead atoms. The van der Waals surface area contributed by atoms with E-state index in [1.54, 1.807) is 18.3 Å². The molecule has 0 N–H and O–H groups in total. The summed E-state index contributed by atoms with van der Waals surface area (Å²) in [6, 6.07) is 3.56. The predicted octanol–water partition coefficient (Wildman–Crippen LogP) is 2.27. The van der Waals surface area contributed by atoms with E-state index in [1.807, 2.05) is 0 Å². The monoisotopic (exact) mass is 278 g/mol. The van der Waals surface area contributed by atoms with E-state index in [-0.39, 0.29) is 30.2 Å². The van der Waals surface area contributed by atoms with Crippen LogP contribution in [-0.2, 0) is 16.1 Å². The van der Waals surface area contributed by atoms with E-state index in [1.165, 1.54) is 4.90 Å². The van der Waals surface area contributed by atoms with Crippen LogP contribution in [0.5, 0.6) is 0 Å². The zero-order valence-corrected chi connectivity index (χ0v) is 11.4. The summed E-state index contributed by atoms with van der Waals surface area (Å²) < 4.78 is 0. The average Bonchev–Trinajstić information content (AvgIpc) is 2.86. The highest BCUT2D eigenvalue weighted by Gasteiger charge is 2.51. The molecule has 1 aromatic heterocycles. The van der Waals surface area contributed by atoms with E-state index in [4.69, 9.17) is 11.6 Å². The van der Waals surface area contributed by atoms with Gasteiger partial charge < -0.3 is 0 Å². The number of amides is 2. The zero-order chi connectivity index (χ0) is 13.6. The van der Waals surface area contributed by atoms with Crippen LogP contribution in [-0.4, -0.2) is 21.7 Å². The molecule has 1 aromatic rings. The van der Waals surface area contributed by atoms with Gasteiger partial charge in [-0.1, -0.05) is 24.6 Å². The second kappa shape index (κ2) is 4.60. The minimum atomic E-state index is -0.113. The van der Waals surface area contributed by atoms with Gasteiger partial charge in [-0.3, -0.25) is 14.5 Å². The number of hydrogen-bond donors (Lipinski definition) is 0. The van der Waals surface area contributed by atoms with Crippen LogP contribution in [0.4, 0.5) is 0 Å². The molecule has 2 fully saturated rings. The Bertz CT molecular complexity index is 522. The van der Waals surface area contributed by atoms with E-state index in [0.29, 0.717) is 11.1 Å². The Morgan fingerprint density at radius 1 is 1.32 bits per heavy atom. The number of carbonyl (C=O) groups excluding carboxylic acids is 2. The van der Waals surface area contributed by atoms with Crippen molar-refractivity contribution in [3.05, 3.63) is 29.0 Å². The number of rotatable bonds is 2. The zero-order valence-electron chi connectivity index (χ0n) is 10.7. The van der Waals surface area contributed by atoms with Crippen molar-refractivity contribution in [1.82, 2.24) is 9.88 Å². The Morgan fingerprint density at radius 3 is 2.53 bits per heavy atom. The number of fused-ring (bicyclic) bond motifs is 1. The van der Waals surface area contributed by atoms with Gasteiger partial charge in [0.05, 0.1) is 18.4 Å². The molecule has 2 aliphatic rings. The Balaban J connectivity index is 1.82. The predicted molar refractivity (Wildman–Crippen MR) is 70.2 cm³/mol. The van der Waals surface area contributed by atoms with Crippen LogP contribution in [0.3, 0.4) is 0 Å². The quantitative estimate of drug-likeness (QED) is 0.616. The molecule has 1 aliphatic carbocycles. The molecule has 2 amide bonds. The lowest BCUT2D eigenvalue weighted by molar-refractivity contribution is -0.141. The first-order valence-corrected chi connectivity index (χ1v) is 6.90. The smallest absolute Gasteiger partial charge is 0.233 e. The fourth-order valence-corrected chi connectivity index (χ4v) is 3.39. The third-order valence-corrected chi connectivity index (χ3v) is 4.47. The van der Waals surface area contributed by atoms with Gasteiger partial charge in [-0.05, 0) is 24.8 Å². The van der Waals surface area contributed by atoms with Crippen LogP contribution in [0.1, 0.15) is 25.3 Å². The van der Waals surface area contributed by atoms with Crippen molar-refractivity contribution in [2.75, 3.05) is 0 Å². The summed E-state index contributed by atoms with van der Waals surface area (Å²) in [6.45, 7) is 2.34. The highest BCUT2D eigenvalue weighted by Crippen LogP contribution is 2.43. The number of carbonyl (C=O) groups is 2. The van der Waals surface area contributed by atoms with Crippen LogP contribution in [0, 0.1) is 17.8 Å².